The zero-order valence-corrected chi connectivity index (χ0v) is 32.2. The molecule has 2 aliphatic carbocycles. The third kappa shape index (κ3) is 4.19. The minimum Gasteiger partial charge on any atom is -0.456 e. The molecule has 59 heavy (non-hydrogen) atoms. The SMILES string of the molecule is c1ccc(C2(c3ccccc3)c3cc(-c4ccc5c(c4)C4(c6ccccc6-c6ccccc64)c4ccc6ccccc6c4O5)ccc3-c3ccc4ccccc4c32)cc1. The molecule has 0 saturated carbocycles. The molecule has 274 valence electrons. The van der Waals surface area contributed by atoms with Crippen LogP contribution in [0.1, 0.15) is 44.5 Å². The Morgan fingerprint density at radius 2 is 0.814 bits per heavy atom. The maximum Gasteiger partial charge on any atom is 0.140 e. The number of rotatable bonds is 3. The Bertz CT molecular complexity index is 3270. The number of ether oxygens (including phenoxy) is 1. The lowest BCUT2D eigenvalue weighted by Crippen LogP contribution is -2.32. The van der Waals surface area contributed by atoms with Crippen molar-refractivity contribution in [2.45, 2.75) is 10.8 Å². The molecular weight excluding hydrogens is 713 g/mol. The van der Waals surface area contributed by atoms with E-state index in [4.69, 9.17) is 4.74 Å². The highest BCUT2D eigenvalue weighted by atomic mass is 16.5. The molecule has 1 heteroatoms. The second-order valence-corrected chi connectivity index (χ2v) is 16.3. The quantitative estimate of drug-likeness (QED) is 0.175. The minimum absolute atomic E-state index is 0.536. The lowest BCUT2D eigenvalue weighted by Gasteiger charge is -2.40. The van der Waals surface area contributed by atoms with E-state index in [1.165, 1.54) is 88.5 Å². The topological polar surface area (TPSA) is 9.23 Å². The fourth-order valence-electron chi connectivity index (χ4n) is 11.3. The molecule has 1 nitrogen and oxygen atoms in total. The van der Waals surface area contributed by atoms with Gasteiger partial charge in [-0.15, -0.1) is 0 Å². The van der Waals surface area contributed by atoms with Crippen LogP contribution in [0.2, 0.25) is 0 Å². The van der Waals surface area contributed by atoms with E-state index in [2.05, 4.69) is 218 Å². The van der Waals surface area contributed by atoms with Gasteiger partial charge in [0, 0.05) is 16.5 Å². The molecule has 0 atom stereocenters. The van der Waals surface area contributed by atoms with E-state index in [1.54, 1.807) is 0 Å². The minimum atomic E-state index is -0.570. The van der Waals surface area contributed by atoms with Crippen LogP contribution in [0.25, 0.3) is 54.9 Å². The van der Waals surface area contributed by atoms with E-state index < -0.39 is 10.8 Å². The Kier molecular flexibility index (Phi) is 6.64. The zero-order valence-electron chi connectivity index (χ0n) is 32.2. The fraction of sp³-hybridized carbons (Fsp3) is 0.0345. The van der Waals surface area contributed by atoms with Crippen LogP contribution in [0.4, 0.5) is 0 Å². The van der Waals surface area contributed by atoms with E-state index in [9.17, 15) is 0 Å². The predicted octanol–water partition coefficient (Wildman–Crippen LogP) is 14.5. The highest BCUT2D eigenvalue weighted by Gasteiger charge is 2.52. The van der Waals surface area contributed by atoms with Crippen molar-refractivity contribution < 1.29 is 4.74 Å². The Labute approximate surface area is 343 Å². The lowest BCUT2D eigenvalue weighted by atomic mass is 9.65. The normalized spacial score (nSPS) is 14.5. The molecule has 0 bridgehead atoms. The summed E-state index contributed by atoms with van der Waals surface area (Å²) in [5.74, 6) is 1.83. The van der Waals surface area contributed by atoms with Crippen LogP contribution in [0.3, 0.4) is 0 Å². The number of fused-ring (bicyclic) bond motifs is 16. The molecule has 0 unspecified atom stereocenters. The van der Waals surface area contributed by atoms with E-state index >= 15 is 0 Å². The first kappa shape index (κ1) is 32.6. The second-order valence-electron chi connectivity index (χ2n) is 16.3. The molecular formula is C58H36O. The third-order valence-electron chi connectivity index (χ3n) is 13.6. The summed E-state index contributed by atoms with van der Waals surface area (Å²) in [5.41, 5.74) is 16.5. The highest BCUT2D eigenvalue weighted by Crippen LogP contribution is 2.64. The molecule has 0 aromatic heterocycles. The lowest BCUT2D eigenvalue weighted by molar-refractivity contribution is 0.442. The zero-order chi connectivity index (χ0) is 38.7. The molecule has 0 radical (unpaired) electrons. The van der Waals surface area contributed by atoms with Crippen LogP contribution in [0.15, 0.2) is 218 Å². The molecule has 1 aliphatic heterocycles. The van der Waals surface area contributed by atoms with Crippen molar-refractivity contribution in [3.63, 3.8) is 0 Å². The summed E-state index contributed by atoms with van der Waals surface area (Å²) in [5, 5.41) is 4.84. The van der Waals surface area contributed by atoms with Crippen LogP contribution >= 0.6 is 0 Å². The molecule has 0 amide bonds. The van der Waals surface area contributed by atoms with Gasteiger partial charge in [-0.3, -0.25) is 0 Å². The Balaban J connectivity index is 1.10. The average Bonchev–Trinajstić information content (AvgIpc) is 3.78. The molecule has 10 aromatic rings. The van der Waals surface area contributed by atoms with Gasteiger partial charge in [0.05, 0.1) is 10.8 Å². The van der Waals surface area contributed by atoms with Crippen LogP contribution in [-0.4, -0.2) is 0 Å². The molecule has 0 saturated heterocycles. The molecule has 3 aliphatic rings. The number of benzene rings is 10. The summed E-state index contributed by atoms with van der Waals surface area (Å²) in [6.45, 7) is 0. The number of hydrogen-bond acceptors (Lipinski definition) is 1. The molecule has 1 spiro atoms. The molecule has 0 fully saturated rings. The molecule has 1 heterocycles. The van der Waals surface area contributed by atoms with Crippen molar-refractivity contribution in [2.24, 2.45) is 0 Å². The molecule has 10 aromatic carbocycles. The third-order valence-corrected chi connectivity index (χ3v) is 13.6. The largest absolute Gasteiger partial charge is 0.456 e. The first-order chi connectivity index (χ1) is 29.3. The van der Waals surface area contributed by atoms with Gasteiger partial charge in [-0.1, -0.05) is 200 Å². The van der Waals surface area contributed by atoms with Gasteiger partial charge in [-0.25, -0.2) is 0 Å². The highest BCUT2D eigenvalue weighted by molar-refractivity contribution is 6.01. The van der Waals surface area contributed by atoms with Crippen molar-refractivity contribution in [2.75, 3.05) is 0 Å². The van der Waals surface area contributed by atoms with E-state index in [1.807, 2.05) is 0 Å². The fourth-order valence-corrected chi connectivity index (χ4v) is 11.3. The van der Waals surface area contributed by atoms with Crippen molar-refractivity contribution in [1.29, 1.82) is 0 Å². The van der Waals surface area contributed by atoms with Gasteiger partial charge in [0.15, 0.2) is 0 Å². The van der Waals surface area contributed by atoms with E-state index in [-0.39, 0.29) is 0 Å². The smallest absolute Gasteiger partial charge is 0.140 e. The van der Waals surface area contributed by atoms with Gasteiger partial charge in [-0.05, 0) is 101 Å². The van der Waals surface area contributed by atoms with Gasteiger partial charge >= 0.3 is 0 Å². The van der Waals surface area contributed by atoms with Crippen LogP contribution in [-0.2, 0) is 10.8 Å². The first-order valence-electron chi connectivity index (χ1n) is 20.6. The van der Waals surface area contributed by atoms with Crippen LogP contribution < -0.4 is 4.74 Å². The van der Waals surface area contributed by atoms with Crippen molar-refractivity contribution in [3.05, 3.63) is 263 Å². The second kappa shape index (κ2) is 12.0. The summed E-state index contributed by atoms with van der Waals surface area (Å²) in [6.07, 6.45) is 0. The summed E-state index contributed by atoms with van der Waals surface area (Å²) < 4.78 is 7.10. The average molecular weight is 749 g/mol. The Hall–Kier alpha value is -7.48. The van der Waals surface area contributed by atoms with Gasteiger partial charge in [0.25, 0.3) is 0 Å². The molecule has 13 rings (SSSR count). The van der Waals surface area contributed by atoms with Crippen LogP contribution in [0.5, 0.6) is 11.5 Å². The summed E-state index contributed by atoms with van der Waals surface area (Å²) >= 11 is 0. The van der Waals surface area contributed by atoms with Crippen molar-refractivity contribution >= 4 is 21.5 Å². The van der Waals surface area contributed by atoms with Gasteiger partial charge in [-0.2, -0.15) is 0 Å². The van der Waals surface area contributed by atoms with Gasteiger partial charge in [0.1, 0.15) is 11.5 Å². The van der Waals surface area contributed by atoms with Crippen molar-refractivity contribution in [1.82, 2.24) is 0 Å². The maximum absolute atomic E-state index is 7.10. The van der Waals surface area contributed by atoms with Crippen molar-refractivity contribution in [3.8, 4) is 44.9 Å². The van der Waals surface area contributed by atoms with Crippen LogP contribution in [0, 0.1) is 0 Å². The first-order valence-corrected chi connectivity index (χ1v) is 20.6. The predicted molar refractivity (Wildman–Crippen MR) is 242 cm³/mol. The summed E-state index contributed by atoms with van der Waals surface area (Å²) in [6, 6.07) is 81.1. The maximum atomic E-state index is 7.10. The molecule has 0 N–H and O–H groups in total. The monoisotopic (exact) mass is 748 g/mol. The Morgan fingerprint density at radius 1 is 0.305 bits per heavy atom. The van der Waals surface area contributed by atoms with E-state index in [0.29, 0.717) is 0 Å². The standard InChI is InChI=1S/C58H36O/c1-3-17-41(18-4-1)57(42-19-5-2-6-20-42)52-35-39(28-31-47(52)48-32-27-37-15-7-9-21-43(37)55(48)57)40-30-34-54-53(36-40)58(51-33-29-38-16-8-10-22-44(38)56(51)59-54)49-25-13-11-23-45(49)46-24-12-14-26-50(46)58/h1-36H. The van der Waals surface area contributed by atoms with E-state index in [0.717, 1.165) is 22.4 Å². The Morgan fingerprint density at radius 3 is 1.51 bits per heavy atom. The summed E-state index contributed by atoms with van der Waals surface area (Å²) in [7, 11) is 0. The van der Waals surface area contributed by atoms with Gasteiger partial charge in [0.2, 0.25) is 0 Å². The van der Waals surface area contributed by atoms with Gasteiger partial charge < -0.3 is 4.74 Å². The summed E-state index contributed by atoms with van der Waals surface area (Å²) in [4.78, 5) is 0. The number of hydrogen-bond donors (Lipinski definition) is 0.